The van der Waals surface area contributed by atoms with Gasteiger partial charge < -0.3 is 9.32 Å². The Hall–Kier alpha value is -2.03. The van der Waals surface area contributed by atoms with Crippen LogP contribution in [-0.2, 0) is 6.54 Å². The van der Waals surface area contributed by atoms with Crippen molar-refractivity contribution in [1.29, 1.82) is 5.41 Å². The molecule has 3 heteroatoms. The number of hydrogen-bond acceptors (Lipinski definition) is 2. The first-order valence-corrected chi connectivity index (χ1v) is 5.13. The molecule has 0 aliphatic heterocycles. The molecule has 1 heterocycles. The van der Waals surface area contributed by atoms with E-state index in [-0.39, 0.29) is 0 Å². The van der Waals surface area contributed by atoms with Gasteiger partial charge in [0, 0.05) is 24.7 Å². The van der Waals surface area contributed by atoms with Crippen LogP contribution in [0, 0.1) is 5.41 Å². The van der Waals surface area contributed by atoms with Gasteiger partial charge in [0.25, 0.3) is 0 Å². The molecule has 0 radical (unpaired) electrons. The number of furan rings is 1. The van der Waals surface area contributed by atoms with Gasteiger partial charge in [-0.1, -0.05) is 30.3 Å². The summed E-state index contributed by atoms with van der Waals surface area (Å²) in [5.74, 6) is 0.516. The van der Waals surface area contributed by atoms with Crippen molar-refractivity contribution in [3.05, 3.63) is 60.1 Å². The van der Waals surface area contributed by atoms with Crippen LogP contribution in [0.1, 0.15) is 11.1 Å². The average molecular weight is 214 g/mol. The van der Waals surface area contributed by atoms with Gasteiger partial charge in [-0.3, -0.25) is 5.41 Å². The SMILES string of the molecule is CN(Cc1ccoc1)C(=N)c1ccccc1. The number of amidine groups is 1. The van der Waals surface area contributed by atoms with Crippen LogP contribution in [0.3, 0.4) is 0 Å². The molecule has 0 fully saturated rings. The van der Waals surface area contributed by atoms with Gasteiger partial charge in [-0.05, 0) is 6.07 Å². The van der Waals surface area contributed by atoms with Crippen molar-refractivity contribution in [3.8, 4) is 0 Å². The summed E-state index contributed by atoms with van der Waals surface area (Å²) in [7, 11) is 1.91. The second kappa shape index (κ2) is 4.66. The molecule has 0 amide bonds. The predicted molar refractivity (Wildman–Crippen MR) is 63.4 cm³/mol. The van der Waals surface area contributed by atoms with Crippen LogP contribution in [-0.4, -0.2) is 17.8 Å². The Morgan fingerprint density at radius 3 is 2.62 bits per heavy atom. The van der Waals surface area contributed by atoms with Crippen LogP contribution in [0.2, 0.25) is 0 Å². The summed E-state index contributed by atoms with van der Waals surface area (Å²) < 4.78 is 5.00. The molecule has 1 aromatic carbocycles. The topological polar surface area (TPSA) is 40.2 Å². The molecular weight excluding hydrogens is 200 g/mol. The lowest BCUT2D eigenvalue weighted by atomic mass is 10.2. The monoisotopic (exact) mass is 214 g/mol. The third kappa shape index (κ3) is 2.31. The zero-order valence-electron chi connectivity index (χ0n) is 9.18. The van der Waals surface area contributed by atoms with Crippen molar-refractivity contribution in [2.75, 3.05) is 7.05 Å². The molecule has 16 heavy (non-hydrogen) atoms. The first kappa shape index (κ1) is 10.5. The van der Waals surface area contributed by atoms with Gasteiger partial charge in [0.05, 0.1) is 12.5 Å². The van der Waals surface area contributed by atoms with Crippen LogP contribution in [0.4, 0.5) is 0 Å². The first-order valence-electron chi connectivity index (χ1n) is 5.13. The number of nitrogens with zero attached hydrogens (tertiary/aromatic N) is 1. The minimum Gasteiger partial charge on any atom is -0.472 e. The standard InChI is InChI=1S/C13H14N2O/c1-15(9-11-7-8-16-10-11)13(14)12-5-3-2-4-6-12/h2-8,10,14H,9H2,1H3. The number of benzene rings is 1. The lowest BCUT2D eigenvalue weighted by molar-refractivity contribution is 0.490. The molecule has 0 spiro atoms. The highest BCUT2D eigenvalue weighted by molar-refractivity contribution is 5.96. The molecule has 2 aromatic rings. The maximum Gasteiger partial charge on any atom is 0.128 e. The van der Waals surface area contributed by atoms with Crippen molar-refractivity contribution < 1.29 is 4.42 Å². The quantitative estimate of drug-likeness (QED) is 0.630. The van der Waals surface area contributed by atoms with Gasteiger partial charge in [0.2, 0.25) is 0 Å². The van der Waals surface area contributed by atoms with Gasteiger partial charge >= 0.3 is 0 Å². The molecule has 0 atom stereocenters. The Bertz CT molecular complexity index is 448. The highest BCUT2D eigenvalue weighted by Gasteiger charge is 2.07. The van der Waals surface area contributed by atoms with Crippen LogP contribution < -0.4 is 0 Å². The second-order valence-electron chi connectivity index (χ2n) is 3.70. The fraction of sp³-hybridized carbons (Fsp3) is 0.154. The van der Waals surface area contributed by atoms with Crippen molar-refractivity contribution in [3.63, 3.8) is 0 Å². The Balaban J connectivity index is 2.05. The predicted octanol–water partition coefficient (Wildman–Crippen LogP) is 2.74. The fourth-order valence-electron chi connectivity index (χ4n) is 1.55. The molecule has 1 aromatic heterocycles. The normalized spacial score (nSPS) is 10.1. The Morgan fingerprint density at radius 2 is 2.00 bits per heavy atom. The van der Waals surface area contributed by atoms with Gasteiger partial charge in [-0.25, -0.2) is 0 Å². The molecule has 0 bridgehead atoms. The van der Waals surface area contributed by atoms with Crippen molar-refractivity contribution in [2.24, 2.45) is 0 Å². The largest absolute Gasteiger partial charge is 0.472 e. The summed E-state index contributed by atoms with van der Waals surface area (Å²) in [5, 5.41) is 8.03. The molecule has 0 saturated heterocycles. The van der Waals surface area contributed by atoms with Gasteiger partial charge in [-0.2, -0.15) is 0 Å². The summed E-state index contributed by atoms with van der Waals surface area (Å²) in [6.45, 7) is 0.685. The van der Waals surface area contributed by atoms with Gasteiger partial charge in [0.15, 0.2) is 0 Å². The summed E-state index contributed by atoms with van der Waals surface area (Å²) in [6.07, 6.45) is 3.35. The van der Waals surface area contributed by atoms with E-state index in [9.17, 15) is 0 Å². The van der Waals surface area contributed by atoms with Crippen LogP contribution in [0.25, 0.3) is 0 Å². The average Bonchev–Trinajstić information content (AvgIpc) is 2.82. The van der Waals surface area contributed by atoms with Gasteiger partial charge in [0.1, 0.15) is 5.84 Å². The summed E-state index contributed by atoms with van der Waals surface area (Å²) in [4.78, 5) is 1.89. The molecule has 0 saturated carbocycles. The maximum atomic E-state index is 8.03. The highest BCUT2D eigenvalue weighted by Crippen LogP contribution is 2.08. The summed E-state index contributed by atoms with van der Waals surface area (Å²) in [6, 6.07) is 11.6. The summed E-state index contributed by atoms with van der Waals surface area (Å²) >= 11 is 0. The Kier molecular flexibility index (Phi) is 3.05. The van der Waals surface area contributed by atoms with Crippen LogP contribution in [0.5, 0.6) is 0 Å². The van der Waals surface area contributed by atoms with E-state index in [0.717, 1.165) is 11.1 Å². The van der Waals surface area contributed by atoms with E-state index in [1.807, 2.05) is 48.3 Å². The molecule has 2 rings (SSSR count). The lowest BCUT2D eigenvalue weighted by Crippen LogP contribution is -2.25. The Labute approximate surface area is 94.8 Å². The minimum atomic E-state index is 0.516. The fourth-order valence-corrected chi connectivity index (χ4v) is 1.55. The molecule has 82 valence electrons. The third-order valence-electron chi connectivity index (χ3n) is 2.43. The van der Waals surface area contributed by atoms with E-state index in [1.165, 1.54) is 0 Å². The molecule has 3 nitrogen and oxygen atoms in total. The lowest BCUT2D eigenvalue weighted by Gasteiger charge is -2.19. The van der Waals surface area contributed by atoms with E-state index >= 15 is 0 Å². The molecular formula is C13H14N2O. The van der Waals surface area contributed by atoms with E-state index in [2.05, 4.69) is 0 Å². The number of rotatable bonds is 3. The van der Waals surface area contributed by atoms with E-state index in [4.69, 9.17) is 9.83 Å². The van der Waals surface area contributed by atoms with E-state index in [1.54, 1.807) is 12.5 Å². The Morgan fingerprint density at radius 1 is 1.25 bits per heavy atom. The third-order valence-corrected chi connectivity index (χ3v) is 2.43. The first-order chi connectivity index (χ1) is 7.77. The number of nitrogens with one attached hydrogen (secondary N) is 1. The van der Waals surface area contributed by atoms with Crippen molar-refractivity contribution in [2.45, 2.75) is 6.54 Å². The van der Waals surface area contributed by atoms with E-state index in [0.29, 0.717) is 12.4 Å². The molecule has 0 unspecified atom stereocenters. The van der Waals surface area contributed by atoms with Crippen LogP contribution >= 0.6 is 0 Å². The van der Waals surface area contributed by atoms with Crippen molar-refractivity contribution >= 4 is 5.84 Å². The molecule has 0 aliphatic rings. The zero-order valence-corrected chi connectivity index (χ0v) is 9.18. The molecule has 0 aliphatic carbocycles. The van der Waals surface area contributed by atoms with Crippen LogP contribution in [0.15, 0.2) is 53.3 Å². The maximum absolute atomic E-state index is 8.03. The number of hydrogen-bond donors (Lipinski definition) is 1. The zero-order chi connectivity index (χ0) is 11.4. The summed E-state index contributed by atoms with van der Waals surface area (Å²) in [5.41, 5.74) is 2.00. The highest BCUT2D eigenvalue weighted by atomic mass is 16.3. The van der Waals surface area contributed by atoms with Crippen molar-refractivity contribution in [1.82, 2.24) is 4.90 Å². The smallest absolute Gasteiger partial charge is 0.128 e. The molecule has 1 N–H and O–H groups in total. The van der Waals surface area contributed by atoms with Gasteiger partial charge in [-0.15, -0.1) is 0 Å². The second-order valence-corrected chi connectivity index (χ2v) is 3.70. The van der Waals surface area contributed by atoms with E-state index < -0.39 is 0 Å². The minimum absolute atomic E-state index is 0.516.